The van der Waals surface area contributed by atoms with Crippen LogP contribution in [-0.2, 0) is 6.42 Å². The number of thiophene rings is 1. The van der Waals surface area contributed by atoms with Crippen LogP contribution in [0.2, 0.25) is 0 Å². The van der Waals surface area contributed by atoms with E-state index in [1.54, 1.807) is 11.3 Å². The van der Waals surface area contributed by atoms with Crippen molar-refractivity contribution < 1.29 is 0 Å². The maximum atomic E-state index is 4.71. The van der Waals surface area contributed by atoms with Crippen molar-refractivity contribution in [3.8, 4) is 10.7 Å². The fraction of sp³-hybridized carbons (Fsp3) is 0.600. The highest BCUT2D eigenvalue weighted by Crippen LogP contribution is 2.29. The minimum atomic E-state index is 0.786. The largest absolute Gasteiger partial charge is 0.340 e. The fourth-order valence-corrected chi connectivity index (χ4v) is 3.88. The molecule has 3 rings (SSSR count). The highest BCUT2D eigenvalue weighted by atomic mass is 32.1. The lowest BCUT2D eigenvalue weighted by Gasteiger charge is -2.30. The third kappa shape index (κ3) is 3.11. The van der Waals surface area contributed by atoms with Crippen molar-refractivity contribution in [1.29, 1.82) is 0 Å². The second-order valence-electron chi connectivity index (χ2n) is 5.60. The van der Waals surface area contributed by atoms with Crippen LogP contribution in [0.3, 0.4) is 0 Å². The first kappa shape index (κ1) is 14.5. The number of hydrogen-bond donors (Lipinski definition) is 2. The Labute approximate surface area is 129 Å². The second-order valence-corrected chi connectivity index (χ2v) is 6.52. The highest BCUT2D eigenvalue weighted by Gasteiger charge is 2.22. The maximum Gasteiger partial charge on any atom is 0.245 e. The van der Waals surface area contributed by atoms with Crippen LogP contribution in [0.15, 0.2) is 11.4 Å². The minimum Gasteiger partial charge on any atom is -0.340 e. The molecule has 3 heterocycles. The van der Waals surface area contributed by atoms with Gasteiger partial charge in [-0.2, -0.15) is 4.98 Å². The Hall–Kier alpha value is -1.40. The van der Waals surface area contributed by atoms with E-state index in [0.717, 1.165) is 43.7 Å². The normalized spacial score (nSPS) is 16.6. The SMILES string of the molecule is CCc1ccsc1-c1nc(N2CCC(CNC)CC2)n[nH]1. The summed E-state index contributed by atoms with van der Waals surface area (Å²) in [6.07, 6.45) is 3.46. The summed E-state index contributed by atoms with van der Waals surface area (Å²) in [7, 11) is 2.03. The minimum absolute atomic E-state index is 0.786. The summed E-state index contributed by atoms with van der Waals surface area (Å²) in [6, 6.07) is 2.17. The van der Waals surface area contributed by atoms with E-state index in [9.17, 15) is 0 Å². The van der Waals surface area contributed by atoms with Crippen LogP contribution >= 0.6 is 11.3 Å². The van der Waals surface area contributed by atoms with Crippen molar-refractivity contribution in [1.82, 2.24) is 20.5 Å². The molecule has 1 aliphatic heterocycles. The van der Waals surface area contributed by atoms with Crippen molar-refractivity contribution in [2.75, 3.05) is 31.6 Å². The summed E-state index contributed by atoms with van der Waals surface area (Å²) < 4.78 is 0. The third-order valence-corrected chi connectivity index (χ3v) is 5.17. The van der Waals surface area contributed by atoms with Crippen LogP contribution in [0.1, 0.15) is 25.3 Å². The summed E-state index contributed by atoms with van der Waals surface area (Å²) in [5, 5.41) is 12.9. The Morgan fingerprint density at radius 2 is 2.24 bits per heavy atom. The summed E-state index contributed by atoms with van der Waals surface area (Å²) in [5.74, 6) is 2.55. The van der Waals surface area contributed by atoms with Gasteiger partial charge in [-0.15, -0.1) is 16.4 Å². The Bertz CT molecular complexity index is 568. The van der Waals surface area contributed by atoms with E-state index in [2.05, 4.69) is 38.8 Å². The van der Waals surface area contributed by atoms with Gasteiger partial charge >= 0.3 is 0 Å². The number of aromatic nitrogens is 3. The molecule has 0 radical (unpaired) electrons. The molecule has 2 aromatic rings. The number of anilines is 1. The maximum absolute atomic E-state index is 4.71. The van der Waals surface area contributed by atoms with Gasteiger partial charge in [0.05, 0.1) is 4.88 Å². The van der Waals surface area contributed by atoms with E-state index in [1.165, 1.54) is 23.3 Å². The van der Waals surface area contributed by atoms with Crippen LogP contribution in [0.25, 0.3) is 10.7 Å². The molecule has 1 saturated heterocycles. The van der Waals surface area contributed by atoms with Crippen molar-refractivity contribution in [3.05, 3.63) is 17.0 Å². The van der Waals surface area contributed by atoms with Gasteiger partial charge in [-0.05, 0) is 55.8 Å². The number of hydrogen-bond acceptors (Lipinski definition) is 5. The predicted molar refractivity (Wildman–Crippen MR) is 87.9 cm³/mol. The first-order valence-electron chi connectivity index (χ1n) is 7.70. The standard InChI is InChI=1S/C15H23N5S/c1-3-12-6-9-21-13(12)14-17-15(19-18-14)20-7-4-11(5-8-20)10-16-2/h6,9,11,16H,3-5,7-8,10H2,1-2H3,(H,17,18,19). The molecule has 0 amide bonds. The Kier molecular flexibility index (Phi) is 4.55. The number of piperidine rings is 1. The van der Waals surface area contributed by atoms with Gasteiger partial charge in [0.25, 0.3) is 0 Å². The molecule has 114 valence electrons. The topological polar surface area (TPSA) is 56.8 Å². The van der Waals surface area contributed by atoms with Gasteiger partial charge in [-0.1, -0.05) is 6.92 Å². The van der Waals surface area contributed by atoms with Crippen LogP contribution < -0.4 is 10.2 Å². The van der Waals surface area contributed by atoms with Gasteiger partial charge in [-0.25, -0.2) is 0 Å². The molecule has 5 nitrogen and oxygen atoms in total. The number of rotatable bonds is 5. The van der Waals surface area contributed by atoms with E-state index in [4.69, 9.17) is 4.98 Å². The zero-order valence-corrected chi connectivity index (χ0v) is 13.5. The van der Waals surface area contributed by atoms with Gasteiger partial charge in [0.2, 0.25) is 5.95 Å². The monoisotopic (exact) mass is 305 g/mol. The average Bonchev–Trinajstić information content (AvgIpc) is 3.17. The van der Waals surface area contributed by atoms with Gasteiger partial charge in [0.1, 0.15) is 0 Å². The van der Waals surface area contributed by atoms with Crippen molar-refractivity contribution >= 4 is 17.3 Å². The smallest absolute Gasteiger partial charge is 0.245 e. The van der Waals surface area contributed by atoms with E-state index in [0.29, 0.717) is 0 Å². The lowest BCUT2D eigenvalue weighted by Crippen LogP contribution is -2.37. The van der Waals surface area contributed by atoms with Crippen LogP contribution in [0.5, 0.6) is 0 Å². The zero-order valence-electron chi connectivity index (χ0n) is 12.7. The molecule has 0 unspecified atom stereocenters. The van der Waals surface area contributed by atoms with Gasteiger partial charge in [0, 0.05) is 13.1 Å². The molecular formula is C15H23N5S. The van der Waals surface area contributed by atoms with Crippen molar-refractivity contribution in [3.63, 3.8) is 0 Å². The molecule has 0 aliphatic carbocycles. The molecule has 6 heteroatoms. The summed E-state index contributed by atoms with van der Waals surface area (Å²) >= 11 is 1.73. The molecule has 1 aliphatic rings. The molecule has 1 fully saturated rings. The number of nitrogens with zero attached hydrogens (tertiary/aromatic N) is 3. The lowest BCUT2D eigenvalue weighted by molar-refractivity contribution is 0.391. The zero-order chi connectivity index (χ0) is 14.7. The van der Waals surface area contributed by atoms with Gasteiger partial charge in [0.15, 0.2) is 5.82 Å². The lowest BCUT2D eigenvalue weighted by atomic mass is 9.97. The Morgan fingerprint density at radius 3 is 2.95 bits per heavy atom. The van der Waals surface area contributed by atoms with Crippen LogP contribution in [0.4, 0.5) is 5.95 Å². The average molecular weight is 305 g/mol. The predicted octanol–water partition coefficient (Wildman–Crippen LogP) is 2.53. The first-order chi connectivity index (χ1) is 10.3. The summed E-state index contributed by atoms with van der Waals surface area (Å²) in [6.45, 7) is 5.39. The summed E-state index contributed by atoms with van der Waals surface area (Å²) in [5.41, 5.74) is 1.34. The van der Waals surface area contributed by atoms with Crippen molar-refractivity contribution in [2.24, 2.45) is 5.92 Å². The molecule has 2 aromatic heterocycles. The number of aromatic amines is 1. The van der Waals surface area contributed by atoms with Gasteiger partial charge < -0.3 is 10.2 Å². The molecule has 0 atom stereocenters. The molecular weight excluding hydrogens is 282 g/mol. The quantitative estimate of drug-likeness (QED) is 0.891. The van der Waals surface area contributed by atoms with Crippen LogP contribution in [-0.4, -0.2) is 41.9 Å². The Morgan fingerprint density at radius 1 is 1.43 bits per heavy atom. The van der Waals surface area contributed by atoms with Gasteiger partial charge in [-0.3, -0.25) is 5.10 Å². The number of H-pyrrole nitrogens is 1. The Balaban J connectivity index is 1.69. The molecule has 0 spiro atoms. The third-order valence-electron chi connectivity index (χ3n) is 4.21. The number of nitrogens with one attached hydrogen (secondary N) is 2. The number of aryl methyl sites for hydroxylation is 1. The summed E-state index contributed by atoms with van der Waals surface area (Å²) in [4.78, 5) is 8.23. The van der Waals surface area contributed by atoms with Crippen molar-refractivity contribution in [2.45, 2.75) is 26.2 Å². The molecule has 0 bridgehead atoms. The van der Waals surface area contributed by atoms with E-state index in [-0.39, 0.29) is 0 Å². The first-order valence-corrected chi connectivity index (χ1v) is 8.58. The molecule has 2 N–H and O–H groups in total. The van der Waals surface area contributed by atoms with Crippen LogP contribution in [0, 0.1) is 5.92 Å². The fourth-order valence-electron chi connectivity index (χ4n) is 2.94. The highest BCUT2D eigenvalue weighted by molar-refractivity contribution is 7.13. The van der Waals surface area contributed by atoms with E-state index < -0.39 is 0 Å². The second kappa shape index (κ2) is 6.58. The molecule has 21 heavy (non-hydrogen) atoms. The molecule has 0 saturated carbocycles. The van der Waals surface area contributed by atoms with E-state index in [1.807, 2.05) is 7.05 Å². The van der Waals surface area contributed by atoms with E-state index >= 15 is 0 Å². The molecule has 0 aromatic carbocycles.